The molecule has 0 saturated heterocycles. The van der Waals surface area contributed by atoms with Crippen molar-refractivity contribution in [3.05, 3.63) is 59.3 Å². The third kappa shape index (κ3) is 4.99. The van der Waals surface area contributed by atoms with Crippen LogP contribution in [0.5, 0.6) is 0 Å². The second-order valence-electron chi connectivity index (χ2n) is 5.35. The van der Waals surface area contributed by atoms with Gasteiger partial charge in [0.15, 0.2) is 0 Å². The van der Waals surface area contributed by atoms with Gasteiger partial charge in [-0.1, -0.05) is 36.0 Å². The molecule has 0 atom stereocenters. The second kappa shape index (κ2) is 7.70. The van der Waals surface area contributed by atoms with Crippen LogP contribution in [0, 0.1) is 6.92 Å². The molecule has 128 valence electrons. The minimum atomic E-state index is -4.40. The lowest BCUT2D eigenvalue weighted by molar-refractivity contribution is -0.138. The first-order valence-corrected chi connectivity index (χ1v) is 8.20. The SMILES string of the molecule is Cc1ccccc1CN(C)C(=O)CSc1ccc(C(F)(F)F)cn1. The number of nitrogens with zero attached hydrogens (tertiary/aromatic N) is 2. The molecule has 0 bridgehead atoms. The van der Waals surface area contributed by atoms with E-state index in [4.69, 9.17) is 0 Å². The summed E-state index contributed by atoms with van der Waals surface area (Å²) in [4.78, 5) is 17.5. The van der Waals surface area contributed by atoms with E-state index in [0.29, 0.717) is 11.6 Å². The van der Waals surface area contributed by atoms with Gasteiger partial charge in [-0.05, 0) is 30.2 Å². The molecule has 0 aliphatic heterocycles. The maximum atomic E-state index is 12.5. The average Bonchev–Trinajstić information content (AvgIpc) is 2.54. The van der Waals surface area contributed by atoms with Crippen molar-refractivity contribution in [1.29, 1.82) is 0 Å². The van der Waals surface area contributed by atoms with Gasteiger partial charge in [0.05, 0.1) is 16.3 Å². The van der Waals surface area contributed by atoms with E-state index in [-0.39, 0.29) is 11.7 Å². The summed E-state index contributed by atoms with van der Waals surface area (Å²) >= 11 is 1.12. The molecule has 0 N–H and O–H groups in total. The fraction of sp³-hybridized carbons (Fsp3) is 0.294. The van der Waals surface area contributed by atoms with Crippen LogP contribution in [0.15, 0.2) is 47.6 Å². The van der Waals surface area contributed by atoms with E-state index in [2.05, 4.69) is 4.98 Å². The number of aromatic nitrogens is 1. The Hall–Kier alpha value is -2.02. The number of alkyl halides is 3. The van der Waals surface area contributed by atoms with Gasteiger partial charge in [0.25, 0.3) is 0 Å². The highest BCUT2D eigenvalue weighted by atomic mass is 32.2. The van der Waals surface area contributed by atoms with Crippen LogP contribution >= 0.6 is 11.8 Å². The monoisotopic (exact) mass is 354 g/mol. The van der Waals surface area contributed by atoms with Crippen molar-refractivity contribution in [3.8, 4) is 0 Å². The van der Waals surface area contributed by atoms with Gasteiger partial charge >= 0.3 is 6.18 Å². The standard InChI is InChI=1S/C17H17F3N2OS/c1-12-5-3-4-6-13(12)10-22(2)16(23)11-24-15-8-7-14(9-21-15)17(18,19)20/h3-9H,10-11H2,1-2H3. The van der Waals surface area contributed by atoms with Crippen molar-refractivity contribution in [3.63, 3.8) is 0 Å². The molecule has 1 aromatic carbocycles. The summed E-state index contributed by atoms with van der Waals surface area (Å²) in [5.74, 6) is 0.0192. The number of thioether (sulfide) groups is 1. The number of hydrogen-bond acceptors (Lipinski definition) is 3. The lowest BCUT2D eigenvalue weighted by Crippen LogP contribution is -2.28. The number of hydrogen-bond donors (Lipinski definition) is 0. The van der Waals surface area contributed by atoms with Gasteiger partial charge in [0.2, 0.25) is 5.91 Å². The largest absolute Gasteiger partial charge is 0.417 e. The zero-order valence-corrected chi connectivity index (χ0v) is 14.1. The highest BCUT2D eigenvalue weighted by molar-refractivity contribution is 7.99. The van der Waals surface area contributed by atoms with Gasteiger partial charge in [-0.25, -0.2) is 4.98 Å². The van der Waals surface area contributed by atoms with Crippen molar-refractivity contribution < 1.29 is 18.0 Å². The molecule has 0 radical (unpaired) electrons. The molecule has 1 heterocycles. The molecule has 0 unspecified atom stereocenters. The summed E-state index contributed by atoms with van der Waals surface area (Å²) < 4.78 is 37.4. The van der Waals surface area contributed by atoms with E-state index in [0.717, 1.165) is 35.2 Å². The van der Waals surface area contributed by atoms with Crippen molar-refractivity contribution >= 4 is 17.7 Å². The summed E-state index contributed by atoms with van der Waals surface area (Å²) in [6.07, 6.45) is -3.62. The molecule has 0 spiro atoms. The van der Waals surface area contributed by atoms with Crippen LogP contribution in [0.4, 0.5) is 13.2 Å². The van der Waals surface area contributed by atoms with Gasteiger partial charge in [0, 0.05) is 19.8 Å². The van der Waals surface area contributed by atoms with E-state index in [1.807, 2.05) is 31.2 Å². The van der Waals surface area contributed by atoms with E-state index in [9.17, 15) is 18.0 Å². The van der Waals surface area contributed by atoms with Gasteiger partial charge in [-0.3, -0.25) is 4.79 Å². The Morgan fingerprint density at radius 3 is 2.50 bits per heavy atom. The van der Waals surface area contributed by atoms with Crippen LogP contribution in [-0.4, -0.2) is 28.6 Å². The van der Waals surface area contributed by atoms with Crippen LogP contribution in [0.2, 0.25) is 0 Å². The molecule has 24 heavy (non-hydrogen) atoms. The topological polar surface area (TPSA) is 33.2 Å². The first-order chi connectivity index (χ1) is 11.3. The molecule has 1 amide bonds. The van der Waals surface area contributed by atoms with Crippen molar-refractivity contribution in [2.45, 2.75) is 24.7 Å². The molecule has 7 heteroatoms. The lowest BCUT2D eigenvalue weighted by Gasteiger charge is -2.18. The summed E-state index contributed by atoms with van der Waals surface area (Å²) in [7, 11) is 1.70. The number of carbonyl (C=O) groups excluding carboxylic acids is 1. The first-order valence-electron chi connectivity index (χ1n) is 7.22. The Labute approximate surface area is 142 Å². The Morgan fingerprint density at radius 2 is 1.92 bits per heavy atom. The van der Waals surface area contributed by atoms with E-state index < -0.39 is 11.7 Å². The highest BCUT2D eigenvalue weighted by Crippen LogP contribution is 2.29. The fourth-order valence-corrected chi connectivity index (χ4v) is 2.79. The molecule has 2 rings (SSSR count). The molecule has 0 aliphatic carbocycles. The quantitative estimate of drug-likeness (QED) is 0.756. The van der Waals surface area contributed by atoms with Gasteiger partial charge < -0.3 is 4.90 Å². The Balaban J connectivity index is 1.89. The zero-order chi connectivity index (χ0) is 17.7. The maximum Gasteiger partial charge on any atom is 0.417 e. The maximum absolute atomic E-state index is 12.5. The molecule has 0 saturated carbocycles. The Kier molecular flexibility index (Phi) is 5.88. The van der Waals surface area contributed by atoms with Gasteiger partial charge in [0.1, 0.15) is 0 Å². The molecular formula is C17H17F3N2OS. The molecule has 0 fully saturated rings. The normalized spacial score (nSPS) is 11.4. The van der Waals surface area contributed by atoms with E-state index in [1.54, 1.807) is 11.9 Å². The number of pyridine rings is 1. The number of carbonyl (C=O) groups is 1. The predicted molar refractivity (Wildman–Crippen MR) is 87.6 cm³/mol. The molecular weight excluding hydrogens is 337 g/mol. The van der Waals surface area contributed by atoms with Crippen LogP contribution in [0.3, 0.4) is 0 Å². The van der Waals surface area contributed by atoms with Gasteiger partial charge in [-0.2, -0.15) is 13.2 Å². The third-order valence-electron chi connectivity index (χ3n) is 3.50. The lowest BCUT2D eigenvalue weighted by atomic mass is 10.1. The Morgan fingerprint density at radius 1 is 1.21 bits per heavy atom. The third-order valence-corrected chi connectivity index (χ3v) is 4.43. The first kappa shape index (κ1) is 18.3. The molecule has 3 nitrogen and oxygen atoms in total. The molecule has 1 aromatic heterocycles. The summed E-state index contributed by atoms with van der Waals surface area (Å²) in [6, 6.07) is 10.0. The minimum absolute atomic E-state index is 0.107. The zero-order valence-electron chi connectivity index (χ0n) is 13.3. The van der Waals surface area contributed by atoms with E-state index in [1.165, 1.54) is 6.07 Å². The smallest absolute Gasteiger partial charge is 0.341 e. The summed E-state index contributed by atoms with van der Waals surface area (Å²) in [5.41, 5.74) is 1.37. The minimum Gasteiger partial charge on any atom is -0.341 e. The summed E-state index contributed by atoms with van der Waals surface area (Å²) in [5, 5.41) is 0.389. The van der Waals surface area contributed by atoms with Crippen molar-refractivity contribution in [2.24, 2.45) is 0 Å². The Bertz CT molecular complexity index is 702. The number of benzene rings is 1. The number of rotatable bonds is 5. The van der Waals surface area contributed by atoms with E-state index >= 15 is 0 Å². The van der Waals surface area contributed by atoms with Crippen molar-refractivity contribution in [1.82, 2.24) is 9.88 Å². The van der Waals surface area contributed by atoms with Crippen LogP contribution in [0.1, 0.15) is 16.7 Å². The summed E-state index contributed by atoms with van der Waals surface area (Å²) in [6.45, 7) is 2.47. The highest BCUT2D eigenvalue weighted by Gasteiger charge is 2.30. The average molecular weight is 354 g/mol. The molecule has 0 aliphatic rings. The van der Waals surface area contributed by atoms with Gasteiger partial charge in [-0.15, -0.1) is 0 Å². The second-order valence-corrected chi connectivity index (χ2v) is 6.34. The number of amides is 1. The van der Waals surface area contributed by atoms with Crippen LogP contribution < -0.4 is 0 Å². The van der Waals surface area contributed by atoms with Crippen LogP contribution in [0.25, 0.3) is 0 Å². The van der Waals surface area contributed by atoms with Crippen molar-refractivity contribution in [2.75, 3.05) is 12.8 Å². The number of aryl methyl sites for hydroxylation is 1. The van der Waals surface area contributed by atoms with Crippen LogP contribution in [-0.2, 0) is 17.5 Å². The predicted octanol–water partition coefficient (Wildman–Crippen LogP) is 4.16. The number of halogens is 3. The fourth-order valence-electron chi connectivity index (χ4n) is 2.01. The molecule has 2 aromatic rings.